The van der Waals surface area contributed by atoms with Crippen molar-refractivity contribution in [3.05, 3.63) is 0 Å². The molecule has 0 aliphatic heterocycles. The first kappa shape index (κ1) is 30.5. The molecule has 0 amide bonds. The van der Waals surface area contributed by atoms with Crippen molar-refractivity contribution < 1.29 is 89.8 Å². The van der Waals surface area contributed by atoms with Crippen molar-refractivity contribution in [2.75, 3.05) is 11.5 Å². The molecule has 0 aromatic heterocycles. The van der Waals surface area contributed by atoms with Crippen LogP contribution in [0, 0.1) is 0 Å². The van der Waals surface area contributed by atoms with Gasteiger partial charge in [-0.3, -0.25) is 0 Å². The van der Waals surface area contributed by atoms with Gasteiger partial charge in [-0.25, -0.2) is 16.8 Å². The van der Waals surface area contributed by atoms with Crippen molar-refractivity contribution in [1.29, 1.82) is 0 Å². The van der Waals surface area contributed by atoms with Gasteiger partial charge in [-0.15, -0.1) is 0 Å². The van der Waals surface area contributed by atoms with Crippen LogP contribution in [-0.4, -0.2) is 49.7 Å². The van der Waals surface area contributed by atoms with Crippen molar-refractivity contribution >= 4 is 20.2 Å². The standard InChI is InChI=1S/C13H28O7S2.2Na/c1-3-4-5-6-7-8-9-12(2)20-13(10-21(14,15)16)11-22(17,18)19;;/h12-13H,3-11H2,1-2H3,(H,14,15,16)(H,17,18,19);;/q;2*+1/p-2. The average molecular weight is 404 g/mol. The number of rotatable bonds is 13. The van der Waals surface area contributed by atoms with E-state index < -0.39 is 43.9 Å². The molecule has 0 saturated heterocycles. The molecule has 24 heavy (non-hydrogen) atoms. The summed E-state index contributed by atoms with van der Waals surface area (Å²) < 4.78 is 69.7. The van der Waals surface area contributed by atoms with Gasteiger partial charge in [0, 0.05) is 0 Å². The van der Waals surface area contributed by atoms with Crippen LogP contribution in [0.5, 0.6) is 0 Å². The second-order valence-corrected chi connectivity index (χ2v) is 8.47. The van der Waals surface area contributed by atoms with Crippen LogP contribution in [0.1, 0.15) is 58.8 Å². The van der Waals surface area contributed by atoms with E-state index in [1.54, 1.807) is 6.92 Å². The minimum atomic E-state index is -4.66. The third-order valence-corrected chi connectivity index (χ3v) is 4.73. The maximum atomic E-state index is 10.7. The third-order valence-electron chi connectivity index (χ3n) is 3.17. The molecule has 0 bridgehead atoms. The van der Waals surface area contributed by atoms with Gasteiger partial charge in [0.25, 0.3) is 0 Å². The quantitative estimate of drug-likeness (QED) is 0.172. The SMILES string of the molecule is CCCCCCCCC(C)OC(CS(=O)(=O)[O-])CS(=O)(=O)[O-].[Na+].[Na+]. The normalized spacial score (nSPS) is 13.2. The van der Waals surface area contributed by atoms with E-state index in [1.165, 1.54) is 6.42 Å². The zero-order valence-corrected chi connectivity index (χ0v) is 20.8. The monoisotopic (exact) mass is 404 g/mol. The predicted octanol–water partition coefficient (Wildman–Crippen LogP) is -4.39. The molecule has 1 atom stereocenters. The summed E-state index contributed by atoms with van der Waals surface area (Å²) in [6.45, 7) is 3.80. The van der Waals surface area contributed by atoms with E-state index in [9.17, 15) is 25.9 Å². The Labute approximate surface area is 190 Å². The number of hydrogen-bond donors (Lipinski definition) is 0. The van der Waals surface area contributed by atoms with E-state index in [0.29, 0.717) is 6.42 Å². The third kappa shape index (κ3) is 21.8. The van der Waals surface area contributed by atoms with Gasteiger partial charge < -0.3 is 13.8 Å². The molecular weight excluding hydrogens is 378 g/mol. The Hall–Kier alpha value is 1.78. The largest absolute Gasteiger partial charge is 1.00 e. The fourth-order valence-corrected chi connectivity index (χ4v) is 3.64. The van der Waals surface area contributed by atoms with E-state index in [1.807, 2.05) is 0 Å². The van der Waals surface area contributed by atoms with E-state index in [-0.39, 0.29) is 59.1 Å². The van der Waals surface area contributed by atoms with Crippen molar-refractivity contribution in [3.63, 3.8) is 0 Å². The van der Waals surface area contributed by atoms with Gasteiger partial charge >= 0.3 is 59.1 Å². The Balaban J connectivity index is -0.00000220. The Morgan fingerprint density at radius 2 is 1.25 bits per heavy atom. The van der Waals surface area contributed by atoms with Crippen LogP contribution in [0.15, 0.2) is 0 Å². The molecular formula is C13H26Na2O7S2. The Kier molecular flexibility index (Phi) is 20.1. The number of unbranched alkanes of at least 4 members (excludes halogenated alkanes) is 5. The molecule has 0 aromatic rings. The van der Waals surface area contributed by atoms with Gasteiger partial charge in [0.2, 0.25) is 0 Å². The van der Waals surface area contributed by atoms with Crippen LogP contribution < -0.4 is 59.1 Å². The molecule has 0 N–H and O–H groups in total. The molecule has 0 heterocycles. The van der Waals surface area contributed by atoms with Crippen LogP contribution >= 0.6 is 0 Å². The summed E-state index contributed by atoms with van der Waals surface area (Å²) in [6, 6.07) is 0. The molecule has 0 aromatic carbocycles. The summed E-state index contributed by atoms with van der Waals surface area (Å²) in [7, 11) is -9.31. The molecule has 11 heteroatoms. The van der Waals surface area contributed by atoms with Crippen LogP contribution in [0.4, 0.5) is 0 Å². The van der Waals surface area contributed by atoms with Gasteiger partial charge in [-0.05, 0) is 13.3 Å². The molecule has 0 rings (SSSR count). The van der Waals surface area contributed by atoms with Gasteiger partial charge in [0.05, 0.1) is 43.9 Å². The van der Waals surface area contributed by atoms with Crippen molar-refractivity contribution in [3.8, 4) is 0 Å². The first-order valence-corrected chi connectivity index (χ1v) is 10.7. The number of hydrogen-bond acceptors (Lipinski definition) is 7. The second kappa shape index (κ2) is 15.8. The molecule has 0 aliphatic rings. The van der Waals surface area contributed by atoms with Gasteiger partial charge in [-0.1, -0.05) is 45.4 Å². The summed E-state index contributed by atoms with van der Waals surface area (Å²) in [5, 5.41) is 0. The Bertz CT molecular complexity index is 460. The summed E-state index contributed by atoms with van der Waals surface area (Å²) >= 11 is 0. The molecule has 0 spiro atoms. The average Bonchev–Trinajstić information content (AvgIpc) is 2.29. The maximum Gasteiger partial charge on any atom is 1.00 e. The fourth-order valence-electron chi connectivity index (χ4n) is 2.19. The first-order chi connectivity index (χ1) is 10.0. The minimum absolute atomic E-state index is 0. The van der Waals surface area contributed by atoms with Crippen molar-refractivity contribution in [2.45, 2.75) is 71.0 Å². The topological polar surface area (TPSA) is 124 Å². The summed E-state index contributed by atoms with van der Waals surface area (Å²) in [5.74, 6) is -2.01. The fraction of sp³-hybridized carbons (Fsp3) is 1.00. The zero-order valence-electron chi connectivity index (χ0n) is 15.2. The van der Waals surface area contributed by atoms with E-state index in [4.69, 9.17) is 4.74 Å². The summed E-state index contributed by atoms with van der Waals surface area (Å²) in [6.07, 6.45) is 5.32. The molecule has 0 fully saturated rings. The Morgan fingerprint density at radius 3 is 1.67 bits per heavy atom. The van der Waals surface area contributed by atoms with Gasteiger partial charge in [0.1, 0.15) is 0 Å². The van der Waals surface area contributed by atoms with Crippen LogP contribution in [0.25, 0.3) is 0 Å². The molecule has 0 saturated carbocycles. The summed E-state index contributed by atoms with van der Waals surface area (Å²) in [4.78, 5) is 0. The van der Waals surface area contributed by atoms with E-state index in [2.05, 4.69) is 6.92 Å². The Morgan fingerprint density at radius 1 is 0.833 bits per heavy atom. The first-order valence-electron chi connectivity index (χ1n) is 7.56. The molecule has 7 nitrogen and oxygen atoms in total. The van der Waals surface area contributed by atoms with Gasteiger partial charge in [-0.2, -0.15) is 0 Å². The maximum absolute atomic E-state index is 10.7. The smallest absolute Gasteiger partial charge is 0.748 e. The number of ether oxygens (including phenoxy) is 1. The molecule has 1 unspecified atom stereocenters. The van der Waals surface area contributed by atoms with Crippen LogP contribution in [-0.2, 0) is 25.0 Å². The molecule has 0 radical (unpaired) electrons. The van der Waals surface area contributed by atoms with Crippen LogP contribution in [0.2, 0.25) is 0 Å². The van der Waals surface area contributed by atoms with Crippen LogP contribution in [0.3, 0.4) is 0 Å². The van der Waals surface area contributed by atoms with Crippen molar-refractivity contribution in [2.24, 2.45) is 0 Å². The zero-order chi connectivity index (χ0) is 17.2. The molecule has 134 valence electrons. The summed E-state index contributed by atoms with van der Waals surface area (Å²) in [5.41, 5.74) is 0. The van der Waals surface area contributed by atoms with Gasteiger partial charge in [0.15, 0.2) is 0 Å². The predicted molar refractivity (Wildman–Crippen MR) is 81.5 cm³/mol. The van der Waals surface area contributed by atoms with E-state index in [0.717, 1.165) is 32.1 Å². The molecule has 0 aliphatic carbocycles. The van der Waals surface area contributed by atoms with E-state index >= 15 is 0 Å². The van der Waals surface area contributed by atoms with Crippen molar-refractivity contribution in [1.82, 2.24) is 0 Å². The minimum Gasteiger partial charge on any atom is -0.748 e. The second-order valence-electron chi connectivity index (χ2n) is 5.57.